The molecule has 0 aliphatic carbocycles. The molecule has 0 amide bonds. The predicted molar refractivity (Wildman–Crippen MR) is 92.5 cm³/mol. The first-order chi connectivity index (χ1) is 11.7. The Hall–Kier alpha value is -1.73. The van der Waals surface area contributed by atoms with Gasteiger partial charge in [0.2, 0.25) is 0 Å². The first-order valence-corrected chi connectivity index (χ1v) is 8.94. The van der Waals surface area contributed by atoms with Crippen LogP contribution in [-0.4, -0.2) is 71.2 Å². The largest absolute Gasteiger partial charge is 0.377 e. The zero-order valence-electron chi connectivity index (χ0n) is 14.6. The van der Waals surface area contributed by atoms with Crippen LogP contribution in [0.3, 0.4) is 0 Å². The lowest BCUT2D eigenvalue weighted by Gasteiger charge is -2.32. The highest BCUT2D eigenvalue weighted by molar-refractivity contribution is 5.45. The first-order valence-electron chi connectivity index (χ1n) is 8.94. The van der Waals surface area contributed by atoms with Crippen LogP contribution >= 0.6 is 0 Å². The lowest BCUT2D eigenvalue weighted by atomic mass is 9.96. The van der Waals surface area contributed by atoms with E-state index in [1.807, 2.05) is 35.6 Å². The zero-order chi connectivity index (χ0) is 16.5. The standard InChI is InChI=1S/C17H26N6O/c1-21(2)16-6-5-15-18-19-17(23(15)20-16)13-7-9-22(10-8-13)12-14-4-3-11-24-14/h5-6,13-14H,3-4,7-12H2,1-2H3. The summed E-state index contributed by atoms with van der Waals surface area (Å²) in [6.07, 6.45) is 5.10. The number of likely N-dealkylation sites (tertiary alicyclic amines) is 1. The molecule has 2 aromatic rings. The van der Waals surface area contributed by atoms with Crippen LogP contribution in [0.25, 0.3) is 5.65 Å². The van der Waals surface area contributed by atoms with E-state index in [-0.39, 0.29) is 0 Å². The number of hydrogen-bond acceptors (Lipinski definition) is 6. The van der Waals surface area contributed by atoms with Crippen LogP contribution in [0.2, 0.25) is 0 Å². The molecule has 0 N–H and O–H groups in total. The molecule has 0 aromatic carbocycles. The van der Waals surface area contributed by atoms with E-state index in [0.717, 1.165) is 56.4 Å². The topological polar surface area (TPSA) is 58.8 Å². The Morgan fingerprint density at radius 2 is 2.00 bits per heavy atom. The van der Waals surface area contributed by atoms with Gasteiger partial charge in [-0.3, -0.25) is 0 Å². The summed E-state index contributed by atoms with van der Waals surface area (Å²) in [5, 5.41) is 13.4. The van der Waals surface area contributed by atoms with Gasteiger partial charge in [0.05, 0.1) is 6.10 Å². The van der Waals surface area contributed by atoms with Gasteiger partial charge >= 0.3 is 0 Å². The highest BCUT2D eigenvalue weighted by atomic mass is 16.5. The van der Waals surface area contributed by atoms with E-state index in [4.69, 9.17) is 9.84 Å². The molecule has 2 aliphatic rings. The molecule has 2 saturated heterocycles. The highest BCUT2D eigenvalue weighted by Gasteiger charge is 2.27. The molecule has 2 aliphatic heterocycles. The van der Waals surface area contributed by atoms with Crippen molar-refractivity contribution >= 4 is 11.5 Å². The quantitative estimate of drug-likeness (QED) is 0.848. The van der Waals surface area contributed by atoms with E-state index in [9.17, 15) is 0 Å². The molecule has 2 fully saturated rings. The minimum Gasteiger partial charge on any atom is -0.377 e. The smallest absolute Gasteiger partial charge is 0.178 e. The van der Waals surface area contributed by atoms with Gasteiger partial charge in [-0.1, -0.05) is 0 Å². The van der Waals surface area contributed by atoms with E-state index >= 15 is 0 Å². The fraction of sp³-hybridized carbons (Fsp3) is 0.706. The van der Waals surface area contributed by atoms with Gasteiger partial charge in [-0.25, -0.2) is 0 Å². The molecule has 7 heteroatoms. The van der Waals surface area contributed by atoms with Gasteiger partial charge in [0.25, 0.3) is 0 Å². The Bertz CT molecular complexity index is 685. The van der Waals surface area contributed by atoms with Crippen molar-refractivity contribution in [1.29, 1.82) is 0 Å². The Morgan fingerprint density at radius 1 is 1.17 bits per heavy atom. The van der Waals surface area contributed by atoms with Crippen molar-refractivity contribution in [2.24, 2.45) is 0 Å². The number of anilines is 1. The van der Waals surface area contributed by atoms with E-state index in [1.54, 1.807) is 0 Å². The molecule has 0 spiro atoms. The van der Waals surface area contributed by atoms with Crippen LogP contribution in [0.4, 0.5) is 5.82 Å². The molecule has 24 heavy (non-hydrogen) atoms. The highest BCUT2D eigenvalue weighted by Crippen LogP contribution is 2.28. The number of aromatic nitrogens is 4. The van der Waals surface area contributed by atoms with Crippen molar-refractivity contribution in [3.8, 4) is 0 Å². The SMILES string of the molecule is CN(C)c1ccc2nnc(C3CCN(CC4CCCO4)CC3)n2n1. The van der Waals surface area contributed by atoms with E-state index < -0.39 is 0 Å². The van der Waals surface area contributed by atoms with Gasteiger partial charge in [-0.2, -0.15) is 4.52 Å². The van der Waals surface area contributed by atoms with Crippen LogP contribution in [0, 0.1) is 0 Å². The van der Waals surface area contributed by atoms with Gasteiger partial charge in [0.15, 0.2) is 11.5 Å². The van der Waals surface area contributed by atoms with Crippen LogP contribution in [-0.2, 0) is 4.74 Å². The van der Waals surface area contributed by atoms with Crippen molar-refractivity contribution < 1.29 is 4.74 Å². The summed E-state index contributed by atoms with van der Waals surface area (Å²) in [6.45, 7) is 4.22. The third-order valence-corrected chi connectivity index (χ3v) is 5.17. The number of rotatable bonds is 4. The molecule has 0 bridgehead atoms. The number of fused-ring (bicyclic) bond motifs is 1. The van der Waals surface area contributed by atoms with Gasteiger partial charge in [-0.05, 0) is 50.9 Å². The Morgan fingerprint density at radius 3 is 2.71 bits per heavy atom. The average Bonchev–Trinajstić information content (AvgIpc) is 3.24. The van der Waals surface area contributed by atoms with Crippen LogP contribution in [0.1, 0.15) is 37.4 Å². The summed E-state index contributed by atoms with van der Waals surface area (Å²) in [6, 6.07) is 3.98. The summed E-state index contributed by atoms with van der Waals surface area (Å²) in [5.41, 5.74) is 0.831. The van der Waals surface area contributed by atoms with Crippen molar-refractivity contribution in [1.82, 2.24) is 24.7 Å². The normalized spacial score (nSPS) is 23.2. The second kappa shape index (κ2) is 6.64. The fourth-order valence-corrected chi connectivity index (χ4v) is 3.74. The molecule has 0 radical (unpaired) electrons. The van der Waals surface area contributed by atoms with Gasteiger partial charge in [-0.15, -0.1) is 15.3 Å². The van der Waals surface area contributed by atoms with Crippen LogP contribution in [0.15, 0.2) is 12.1 Å². The van der Waals surface area contributed by atoms with E-state index in [1.165, 1.54) is 12.8 Å². The third kappa shape index (κ3) is 3.10. The molecule has 4 heterocycles. The number of piperidine rings is 1. The van der Waals surface area contributed by atoms with E-state index in [0.29, 0.717) is 12.0 Å². The molecule has 1 atom stereocenters. The molecular weight excluding hydrogens is 304 g/mol. The zero-order valence-corrected chi connectivity index (χ0v) is 14.6. The second-order valence-corrected chi connectivity index (χ2v) is 7.12. The van der Waals surface area contributed by atoms with Crippen molar-refractivity contribution in [2.75, 3.05) is 45.2 Å². The molecule has 7 nitrogen and oxygen atoms in total. The molecule has 2 aromatic heterocycles. The van der Waals surface area contributed by atoms with Crippen molar-refractivity contribution in [3.05, 3.63) is 18.0 Å². The minimum absolute atomic E-state index is 0.436. The molecule has 0 saturated carbocycles. The summed E-state index contributed by atoms with van der Waals surface area (Å²) in [4.78, 5) is 4.54. The fourth-order valence-electron chi connectivity index (χ4n) is 3.74. The molecular formula is C17H26N6O. The van der Waals surface area contributed by atoms with Crippen LogP contribution < -0.4 is 4.90 Å². The summed E-state index contributed by atoms with van der Waals surface area (Å²) in [7, 11) is 4.00. The second-order valence-electron chi connectivity index (χ2n) is 7.12. The maximum absolute atomic E-state index is 5.77. The Kier molecular flexibility index (Phi) is 4.37. The first kappa shape index (κ1) is 15.8. The number of ether oxygens (including phenoxy) is 1. The minimum atomic E-state index is 0.436. The predicted octanol–water partition coefficient (Wildman–Crippen LogP) is 1.55. The molecule has 4 rings (SSSR count). The maximum atomic E-state index is 5.77. The maximum Gasteiger partial charge on any atom is 0.178 e. The monoisotopic (exact) mass is 330 g/mol. The Balaban J connectivity index is 1.45. The average molecular weight is 330 g/mol. The third-order valence-electron chi connectivity index (χ3n) is 5.17. The van der Waals surface area contributed by atoms with Crippen molar-refractivity contribution in [2.45, 2.75) is 37.7 Å². The molecule has 1 unspecified atom stereocenters. The Labute approximate surface area is 142 Å². The van der Waals surface area contributed by atoms with Gasteiger partial charge < -0.3 is 14.5 Å². The summed E-state index contributed by atoms with van der Waals surface area (Å²) < 4.78 is 7.69. The van der Waals surface area contributed by atoms with Crippen LogP contribution in [0.5, 0.6) is 0 Å². The van der Waals surface area contributed by atoms with E-state index in [2.05, 4.69) is 15.1 Å². The number of nitrogens with zero attached hydrogens (tertiary/aromatic N) is 6. The summed E-state index contributed by atoms with van der Waals surface area (Å²) >= 11 is 0. The number of hydrogen-bond donors (Lipinski definition) is 0. The molecule has 130 valence electrons. The van der Waals surface area contributed by atoms with Gasteiger partial charge in [0, 0.05) is 33.2 Å². The van der Waals surface area contributed by atoms with Crippen molar-refractivity contribution in [3.63, 3.8) is 0 Å². The lowest BCUT2D eigenvalue weighted by Crippen LogP contribution is -2.38. The lowest BCUT2D eigenvalue weighted by molar-refractivity contribution is 0.0639. The van der Waals surface area contributed by atoms with Gasteiger partial charge in [0.1, 0.15) is 5.82 Å². The summed E-state index contributed by atoms with van der Waals surface area (Å²) in [5.74, 6) is 2.37.